The topological polar surface area (TPSA) is 82.9 Å². The Labute approximate surface area is 180 Å². The van der Waals surface area contributed by atoms with Gasteiger partial charge < -0.3 is 19.5 Å². The van der Waals surface area contributed by atoms with E-state index in [1.54, 1.807) is 61.3 Å². The van der Waals surface area contributed by atoms with Gasteiger partial charge in [0, 0.05) is 31.9 Å². The fraction of sp³-hybridized carbons (Fsp3) is 0.208. The number of nitrogens with zero attached hydrogens (tertiary/aromatic N) is 2. The first-order valence-electron chi connectivity index (χ1n) is 10.1. The van der Waals surface area contributed by atoms with Crippen molar-refractivity contribution in [1.82, 2.24) is 0 Å². The van der Waals surface area contributed by atoms with Gasteiger partial charge in [0.1, 0.15) is 0 Å². The number of para-hydroxylation sites is 1. The van der Waals surface area contributed by atoms with Crippen molar-refractivity contribution < 1.29 is 18.8 Å². The van der Waals surface area contributed by atoms with Crippen LogP contribution < -0.4 is 15.1 Å². The fourth-order valence-electron chi connectivity index (χ4n) is 3.83. The summed E-state index contributed by atoms with van der Waals surface area (Å²) in [5, 5.41) is 2.92. The van der Waals surface area contributed by atoms with Crippen molar-refractivity contribution in [2.45, 2.75) is 19.8 Å². The Kier molecular flexibility index (Phi) is 5.58. The monoisotopic (exact) mass is 417 g/mol. The molecule has 1 N–H and O–H groups in total. The number of carbonyl (C=O) groups excluding carboxylic acids is 3. The zero-order chi connectivity index (χ0) is 22.0. The second-order valence-corrected chi connectivity index (χ2v) is 7.43. The van der Waals surface area contributed by atoms with Crippen LogP contribution in [0.5, 0.6) is 0 Å². The van der Waals surface area contributed by atoms with Crippen LogP contribution in [0.1, 0.15) is 39.8 Å². The molecule has 7 nitrogen and oxygen atoms in total. The average molecular weight is 417 g/mol. The van der Waals surface area contributed by atoms with E-state index in [0.29, 0.717) is 23.5 Å². The second kappa shape index (κ2) is 8.47. The summed E-state index contributed by atoms with van der Waals surface area (Å²) in [5.74, 6) is -0.462. The van der Waals surface area contributed by atoms with Crippen LogP contribution in [0.15, 0.2) is 65.3 Å². The SMILES string of the molecule is CC(=O)N1CCCc2cc(NC(=O)c3ccccc3N(C)C(=O)c3ccco3)ccc21. The van der Waals surface area contributed by atoms with E-state index in [4.69, 9.17) is 4.42 Å². The van der Waals surface area contributed by atoms with Crippen LogP contribution >= 0.6 is 0 Å². The predicted octanol–water partition coefficient (Wildman–Crippen LogP) is 4.11. The highest BCUT2D eigenvalue weighted by Crippen LogP contribution is 2.30. The normalized spacial score (nSPS) is 12.8. The molecule has 4 rings (SSSR count). The van der Waals surface area contributed by atoms with Crippen LogP contribution in [0.2, 0.25) is 0 Å². The molecule has 0 unspecified atom stereocenters. The molecule has 3 amide bonds. The van der Waals surface area contributed by atoms with Crippen molar-refractivity contribution in [2.24, 2.45) is 0 Å². The van der Waals surface area contributed by atoms with Gasteiger partial charge in [-0.1, -0.05) is 12.1 Å². The average Bonchev–Trinajstić information content (AvgIpc) is 3.32. The Bertz CT molecular complexity index is 1140. The second-order valence-electron chi connectivity index (χ2n) is 7.43. The molecule has 0 bridgehead atoms. The molecular weight excluding hydrogens is 394 g/mol. The molecule has 2 heterocycles. The van der Waals surface area contributed by atoms with Gasteiger partial charge in [0.15, 0.2) is 5.76 Å². The highest BCUT2D eigenvalue weighted by molar-refractivity contribution is 6.12. The van der Waals surface area contributed by atoms with Gasteiger partial charge in [-0.15, -0.1) is 0 Å². The molecule has 0 saturated carbocycles. The molecule has 0 aliphatic carbocycles. The van der Waals surface area contributed by atoms with E-state index >= 15 is 0 Å². The van der Waals surface area contributed by atoms with Crippen LogP contribution in [-0.2, 0) is 11.2 Å². The summed E-state index contributed by atoms with van der Waals surface area (Å²) in [7, 11) is 1.60. The van der Waals surface area contributed by atoms with Crippen LogP contribution in [-0.4, -0.2) is 31.3 Å². The molecular formula is C24H23N3O4. The summed E-state index contributed by atoms with van der Waals surface area (Å²) in [5.41, 5.74) is 3.40. The van der Waals surface area contributed by atoms with Crippen LogP contribution in [0.25, 0.3) is 0 Å². The van der Waals surface area contributed by atoms with Gasteiger partial charge >= 0.3 is 0 Å². The lowest BCUT2D eigenvalue weighted by Crippen LogP contribution is -2.33. The van der Waals surface area contributed by atoms with Crippen molar-refractivity contribution >= 4 is 34.8 Å². The maximum atomic E-state index is 13.1. The molecule has 7 heteroatoms. The molecule has 0 spiro atoms. The minimum Gasteiger partial charge on any atom is -0.459 e. The van der Waals surface area contributed by atoms with E-state index in [0.717, 1.165) is 24.1 Å². The minimum absolute atomic E-state index is 0.0101. The third kappa shape index (κ3) is 4.07. The first-order valence-corrected chi connectivity index (χ1v) is 10.1. The van der Waals surface area contributed by atoms with Gasteiger partial charge in [-0.2, -0.15) is 0 Å². The zero-order valence-corrected chi connectivity index (χ0v) is 17.4. The molecule has 1 aliphatic rings. The molecule has 31 heavy (non-hydrogen) atoms. The van der Waals surface area contributed by atoms with Crippen molar-refractivity contribution in [3.8, 4) is 0 Å². The highest BCUT2D eigenvalue weighted by Gasteiger charge is 2.23. The summed E-state index contributed by atoms with van der Waals surface area (Å²) >= 11 is 0. The van der Waals surface area contributed by atoms with Crippen molar-refractivity contribution in [2.75, 3.05) is 28.7 Å². The lowest BCUT2D eigenvalue weighted by molar-refractivity contribution is -0.116. The largest absolute Gasteiger partial charge is 0.459 e. The summed E-state index contributed by atoms with van der Waals surface area (Å²) in [4.78, 5) is 40.7. The third-order valence-corrected chi connectivity index (χ3v) is 5.38. The smallest absolute Gasteiger partial charge is 0.293 e. The van der Waals surface area contributed by atoms with Crippen LogP contribution in [0.4, 0.5) is 17.1 Å². The Hall–Kier alpha value is -3.87. The lowest BCUT2D eigenvalue weighted by atomic mass is 10.0. The standard InChI is InChI=1S/C24H23N3O4/c1-16(28)27-13-5-7-17-15-18(11-12-20(17)27)25-23(29)19-8-3-4-9-21(19)26(2)24(30)22-10-6-14-31-22/h3-4,6,8-12,14-15H,5,7,13H2,1-2H3,(H,25,29). The van der Waals surface area contributed by atoms with E-state index in [-0.39, 0.29) is 23.5 Å². The number of anilines is 3. The Morgan fingerprint density at radius 2 is 1.87 bits per heavy atom. The molecule has 0 radical (unpaired) electrons. The predicted molar refractivity (Wildman–Crippen MR) is 119 cm³/mol. The van der Waals surface area contributed by atoms with E-state index in [9.17, 15) is 14.4 Å². The molecule has 3 aromatic rings. The van der Waals surface area contributed by atoms with E-state index < -0.39 is 0 Å². The number of carbonyl (C=O) groups is 3. The number of hydrogen-bond acceptors (Lipinski definition) is 4. The van der Waals surface area contributed by atoms with Gasteiger partial charge in [-0.05, 0) is 60.9 Å². The molecule has 1 aliphatic heterocycles. The Morgan fingerprint density at radius 3 is 2.61 bits per heavy atom. The van der Waals surface area contributed by atoms with E-state index in [1.165, 1.54) is 11.2 Å². The summed E-state index contributed by atoms with van der Waals surface area (Å²) in [6.45, 7) is 2.26. The first kappa shape index (κ1) is 20.4. The zero-order valence-electron chi connectivity index (χ0n) is 17.4. The number of amides is 3. The minimum atomic E-state index is -0.344. The fourth-order valence-corrected chi connectivity index (χ4v) is 3.83. The quantitative estimate of drug-likeness (QED) is 0.693. The van der Waals surface area contributed by atoms with Crippen molar-refractivity contribution in [1.29, 1.82) is 0 Å². The van der Waals surface area contributed by atoms with Gasteiger partial charge in [0.25, 0.3) is 11.8 Å². The van der Waals surface area contributed by atoms with Gasteiger partial charge in [-0.3, -0.25) is 14.4 Å². The van der Waals surface area contributed by atoms with Gasteiger partial charge in [-0.25, -0.2) is 0 Å². The van der Waals surface area contributed by atoms with Crippen LogP contribution in [0, 0.1) is 0 Å². The highest BCUT2D eigenvalue weighted by atomic mass is 16.3. The third-order valence-electron chi connectivity index (χ3n) is 5.38. The lowest BCUT2D eigenvalue weighted by Gasteiger charge is -2.29. The van der Waals surface area contributed by atoms with Crippen molar-refractivity contribution in [3.63, 3.8) is 0 Å². The number of hydrogen-bond donors (Lipinski definition) is 1. The van der Waals surface area contributed by atoms with Crippen molar-refractivity contribution in [3.05, 3.63) is 77.7 Å². The maximum Gasteiger partial charge on any atom is 0.293 e. The summed E-state index contributed by atoms with van der Waals surface area (Å²) in [6, 6.07) is 15.7. The number of benzene rings is 2. The number of rotatable bonds is 4. The molecule has 1 aromatic heterocycles. The number of nitrogens with one attached hydrogen (secondary N) is 1. The molecule has 158 valence electrons. The first-order chi connectivity index (χ1) is 15.0. The molecule has 0 atom stereocenters. The Balaban J connectivity index is 1.57. The molecule has 2 aromatic carbocycles. The number of fused-ring (bicyclic) bond motifs is 1. The molecule has 0 saturated heterocycles. The number of aryl methyl sites for hydroxylation is 1. The molecule has 0 fully saturated rings. The van der Waals surface area contributed by atoms with Gasteiger partial charge in [0.2, 0.25) is 5.91 Å². The van der Waals surface area contributed by atoms with Crippen LogP contribution in [0.3, 0.4) is 0 Å². The van der Waals surface area contributed by atoms with Gasteiger partial charge in [0.05, 0.1) is 17.5 Å². The van der Waals surface area contributed by atoms with E-state index in [2.05, 4.69) is 5.32 Å². The van der Waals surface area contributed by atoms with E-state index in [1.807, 2.05) is 12.1 Å². The summed E-state index contributed by atoms with van der Waals surface area (Å²) in [6.07, 6.45) is 3.16. The number of furan rings is 1. The Morgan fingerprint density at radius 1 is 1.06 bits per heavy atom. The maximum absolute atomic E-state index is 13.1. The summed E-state index contributed by atoms with van der Waals surface area (Å²) < 4.78 is 5.19.